The first-order chi connectivity index (χ1) is 7.25. The van der Waals surface area contributed by atoms with E-state index in [9.17, 15) is 4.79 Å². The maximum Gasteiger partial charge on any atom is 0.347 e. The van der Waals surface area contributed by atoms with Gasteiger partial charge in [-0.2, -0.15) is 0 Å². The number of carboxylic acid groups (broad SMARTS) is 1. The van der Waals surface area contributed by atoms with E-state index in [0.717, 1.165) is 11.3 Å². The van der Waals surface area contributed by atoms with Gasteiger partial charge in [0.05, 0.1) is 18.9 Å². The van der Waals surface area contributed by atoms with Crippen LogP contribution in [0.3, 0.4) is 0 Å². The van der Waals surface area contributed by atoms with Crippen molar-refractivity contribution in [3.8, 4) is 0 Å². The largest absolute Gasteiger partial charge is 0.477 e. The van der Waals surface area contributed by atoms with E-state index >= 15 is 0 Å². The number of nitrogens with zero attached hydrogens (tertiary/aromatic N) is 2. The molecule has 78 valence electrons. The van der Waals surface area contributed by atoms with E-state index in [0.29, 0.717) is 17.4 Å². The third kappa shape index (κ3) is 2.32. The molecule has 0 atom stereocenters. The summed E-state index contributed by atoms with van der Waals surface area (Å²) in [6.07, 6.45) is 2.86. The number of aromatic carboxylic acids is 1. The zero-order valence-electron chi connectivity index (χ0n) is 7.51. The van der Waals surface area contributed by atoms with Gasteiger partial charge in [0.15, 0.2) is 10.9 Å². The van der Waals surface area contributed by atoms with Gasteiger partial charge in [-0.1, -0.05) is 16.5 Å². The van der Waals surface area contributed by atoms with Crippen molar-refractivity contribution in [2.45, 2.75) is 6.54 Å². The predicted molar refractivity (Wildman–Crippen MR) is 52.9 cm³/mol. The van der Waals surface area contributed by atoms with Crippen LogP contribution in [0.1, 0.15) is 15.4 Å². The van der Waals surface area contributed by atoms with Crippen LogP contribution in [0.25, 0.3) is 0 Å². The average molecular weight is 225 g/mol. The summed E-state index contributed by atoms with van der Waals surface area (Å²) < 4.78 is 4.86. The highest BCUT2D eigenvalue weighted by Gasteiger charge is 2.08. The number of thiazole rings is 1. The van der Waals surface area contributed by atoms with Crippen LogP contribution in [0.4, 0.5) is 5.13 Å². The van der Waals surface area contributed by atoms with Gasteiger partial charge in [0.2, 0.25) is 0 Å². The zero-order chi connectivity index (χ0) is 10.7. The standard InChI is InChI=1S/C8H7N3O3S/c12-7(13)6-4-10-8(15-6)9-3-5-1-2-11-14-5/h1-2,4H,3H2,(H,9,10)(H,12,13). The second-order valence-corrected chi connectivity index (χ2v) is 3.70. The molecule has 6 nitrogen and oxygen atoms in total. The molecule has 0 aromatic carbocycles. The molecule has 0 aliphatic heterocycles. The molecule has 0 saturated heterocycles. The Hall–Kier alpha value is -1.89. The molecule has 0 fully saturated rings. The normalized spacial score (nSPS) is 10.1. The lowest BCUT2D eigenvalue weighted by Gasteiger charge is -1.96. The number of carboxylic acids is 1. The molecule has 0 aliphatic rings. The Kier molecular flexibility index (Phi) is 2.64. The molecule has 0 spiro atoms. The SMILES string of the molecule is O=C(O)c1cnc(NCc2ccno2)s1. The van der Waals surface area contributed by atoms with E-state index in [1.165, 1.54) is 6.20 Å². The first-order valence-corrected chi connectivity index (χ1v) is 4.90. The smallest absolute Gasteiger partial charge is 0.347 e. The molecule has 2 aromatic rings. The Morgan fingerprint density at radius 3 is 3.13 bits per heavy atom. The van der Waals surface area contributed by atoms with Gasteiger partial charge in [-0.05, 0) is 0 Å². The number of anilines is 1. The van der Waals surface area contributed by atoms with Crippen molar-refractivity contribution in [1.82, 2.24) is 10.1 Å². The number of rotatable bonds is 4. The van der Waals surface area contributed by atoms with Crippen molar-refractivity contribution in [2.24, 2.45) is 0 Å². The third-order valence-corrected chi connectivity index (χ3v) is 2.56. The minimum absolute atomic E-state index is 0.204. The molecule has 7 heteroatoms. The molecular formula is C8H7N3O3S. The molecule has 0 radical (unpaired) electrons. The minimum Gasteiger partial charge on any atom is -0.477 e. The highest BCUT2D eigenvalue weighted by Crippen LogP contribution is 2.18. The molecular weight excluding hydrogens is 218 g/mol. The van der Waals surface area contributed by atoms with E-state index < -0.39 is 5.97 Å². The van der Waals surface area contributed by atoms with Crippen molar-refractivity contribution >= 4 is 22.4 Å². The fraction of sp³-hybridized carbons (Fsp3) is 0.125. The lowest BCUT2D eigenvalue weighted by atomic mass is 10.5. The summed E-state index contributed by atoms with van der Waals surface area (Å²) in [5.74, 6) is -0.303. The summed E-state index contributed by atoms with van der Waals surface area (Å²) >= 11 is 1.08. The summed E-state index contributed by atoms with van der Waals surface area (Å²) in [6.45, 7) is 0.437. The molecule has 2 rings (SSSR count). The predicted octanol–water partition coefficient (Wildman–Crippen LogP) is 1.44. The van der Waals surface area contributed by atoms with Gasteiger partial charge in [0.25, 0.3) is 0 Å². The first kappa shape index (κ1) is 9.66. The van der Waals surface area contributed by atoms with Crippen molar-refractivity contribution in [3.05, 3.63) is 29.1 Å². The Balaban J connectivity index is 1.96. The highest BCUT2D eigenvalue weighted by molar-refractivity contribution is 7.17. The van der Waals surface area contributed by atoms with E-state index in [4.69, 9.17) is 9.63 Å². The van der Waals surface area contributed by atoms with Crippen LogP contribution in [0.5, 0.6) is 0 Å². The molecule has 0 saturated carbocycles. The van der Waals surface area contributed by atoms with E-state index in [1.807, 2.05) is 0 Å². The molecule has 2 aromatic heterocycles. The molecule has 2 N–H and O–H groups in total. The van der Waals surface area contributed by atoms with Crippen molar-refractivity contribution in [2.75, 3.05) is 5.32 Å². The summed E-state index contributed by atoms with van der Waals surface area (Å²) in [5, 5.41) is 15.7. The van der Waals surface area contributed by atoms with Gasteiger partial charge >= 0.3 is 5.97 Å². The van der Waals surface area contributed by atoms with Crippen LogP contribution >= 0.6 is 11.3 Å². The van der Waals surface area contributed by atoms with Crippen molar-refractivity contribution in [1.29, 1.82) is 0 Å². The van der Waals surface area contributed by atoms with Gasteiger partial charge in [-0.15, -0.1) is 0 Å². The molecule has 0 bridgehead atoms. The van der Waals surface area contributed by atoms with Gasteiger partial charge < -0.3 is 14.9 Å². The minimum atomic E-state index is -0.972. The van der Waals surface area contributed by atoms with Gasteiger partial charge in [0.1, 0.15) is 4.88 Å². The van der Waals surface area contributed by atoms with E-state index in [2.05, 4.69) is 15.5 Å². The topological polar surface area (TPSA) is 88.2 Å². The average Bonchev–Trinajstić information content (AvgIpc) is 2.86. The lowest BCUT2D eigenvalue weighted by Crippen LogP contribution is -1.96. The van der Waals surface area contributed by atoms with Crippen LogP contribution < -0.4 is 5.32 Å². The number of hydrogen-bond acceptors (Lipinski definition) is 6. The van der Waals surface area contributed by atoms with Crippen LogP contribution in [0.2, 0.25) is 0 Å². The zero-order valence-corrected chi connectivity index (χ0v) is 8.32. The molecule has 0 unspecified atom stereocenters. The third-order valence-electron chi connectivity index (χ3n) is 1.62. The molecule has 0 amide bonds. The van der Waals surface area contributed by atoms with Gasteiger partial charge in [-0.25, -0.2) is 9.78 Å². The van der Waals surface area contributed by atoms with Crippen LogP contribution in [0, 0.1) is 0 Å². The Labute approximate surface area is 88.5 Å². The van der Waals surface area contributed by atoms with Crippen LogP contribution in [0.15, 0.2) is 23.0 Å². The summed E-state index contributed by atoms with van der Waals surface area (Å²) in [7, 11) is 0. The maximum atomic E-state index is 10.6. The second kappa shape index (κ2) is 4.09. The number of nitrogens with one attached hydrogen (secondary N) is 1. The molecule has 0 aliphatic carbocycles. The summed E-state index contributed by atoms with van der Waals surface area (Å²) in [5.41, 5.74) is 0. The summed E-state index contributed by atoms with van der Waals surface area (Å²) in [4.78, 5) is 14.7. The van der Waals surface area contributed by atoms with Crippen LogP contribution in [-0.4, -0.2) is 21.2 Å². The Morgan fingerprint density at radius 1 is 1.67 bits per heavy atom. The quantitative estimate of drug-likeness (QED) is 0.818. The Morgan fingerprint density at radius 2 is 2.53 bits per heavy atom. The van der Waals surface area contributed by atoms with Crippen molar-refractivity contribution in [3.63, 3.8) is 0 Å². The number of aromatic nitrogens is 2. The summed E-state index contributed by atoms with van der Waals surface area (Å²) in [6, 6.07) is 1.72. The van der Waals surface area contributed by atoms with E-state index in [-0.39, 0.29) is 4.88 Å². The maximum absolute atomic E-state index is 10.6. The van der Waals surface area contributed by atoms with E-state index in [1.54, 1.807) is 12.3 Å². The fourth-order valence-corrected chi connectivity index (χ4v) is 1.60. The van der Waals surface area contributed by atoms with Crippen molar-refractivity contribution < 1.29 is 14.4 Å². The number of carbonyl (C=O) groups is 1. The highest BCUT2D eigenvalue weighted by atomic mass is 32.1. The van der Waals surface area contributed by atoms with Gasteiger partial charge in [-0.3, -0.25) is 0 Å². The molecule has 15 heavy (non-hydrogen) atoms. The second-order valence-electron chi connectivity index (χ2n) is 2.67. The van der Waals surface area contributed by atoms with Gasteiger partial charge in [0, 0.05) is 6.07 Å². The lowest BCUT2D eigenvalue weighted by molar-refractivity contribution is 0.0702. The number of hydrogen-bond donors (Lipinski definition) is 2. The molecule has 2 heterocycles. The monoisotopic (exact) mass is 225 g/mol. The Bertz CT molecular complexity index is 451. The fourth-order valence-electron chi connectivity index (χ4n) is 0.951. The first-order valence-electron chi connectivity index (χ1n) is 4.08. The van der Waals surface area contributed by atoms with Crippen LogP contribution in [-0.2, 0) is 6.54 Å².